The van der Waals surface area contributed by atoms with Crippen molar-refractivity contribution < 1.29 is 9.59 Å². The van der Waals surface area contributed by atoms with Crippen molar-refractivity contribution in [1.82, 2.24) is 25.3 Å². The Labute approximate surface area is 181 Å². The molecule has 0 spiro atoms. The molecule has 158 valence electrons. The molecule has 0 aromatic heterocycles. The lowest BCUT2D eigenvalue weighted by Crippen LogP contribution is -2.72. The lowest BCUT2D eigenvalue weighted by atomic mass is 9.96. The number of carbonyl (C=O) groups excluding carboxylic acids is 2. The number of rotatable bonds is 5. The van der Waals surface area contributed by atoms with Crippen LogP contribution in [0.25, 0.3) is 0 Å². The van der Waals surface area contributed by atoms with Crippen LogP contribution in [0.4, 0.5) is 4.79 Å². The fourth-order valence-electron chi connectivity index (χ4n) is 4.36. The minimum Gasteiger partial charge on any atom is -0.311 e. The third kappa shape index (κ3) is 4.27. The van der Waals surface area contributed by atoms with Crippen LogP contribution in [0.1, 0.15) is 24.6 Å². The zero-order chi connectivity index (χ0) is 20.5. The highest BCUT2D eigenvalue weighted by Crippen LogP contribution is 2.34. The maximum atomic E-state index is 13.0. The monoisotopic (exact) mass is 437 g/mol. The van der Waals surface area contributed by atoms with Crippen molar-refractivity contribution in [2.75, 3.05) is 39.5 Å². The summed E-state index contributed by atoms with van der Waals surface area (Å²) >= 11 is 7.82. The average molecular weight is 438 g/mol. The molecule has 0 aliphatic carbocycles. The van der Waals surface area contributed by atoms with Gasteiger partial charge in [0.25, 0.3) is 0 Å². The molecule has 0 saturated carbocycles. The van der Waals surface area contributed by atoms with Crippen molar-refractivity contribution in [3.05, 3.63) is 34.9 Å². The first-order valence-corrected chi connectivity index (χ1v) is 11.5. The second kappa shape index (κ2) is 8.81. The SMILES string of the molecule is CN1C(=O)C2C(SCCN3CCCC3)NC(c3ccc(Cl)cc3)NC2N(C)C1=O. The zero-order valence-electron chi connectivity index (χ0n) is 16.8. The van der Waals surface area contributed by atoms with E-state index in [1.807, 2.05) is 24.3 Å². The van der Waals surface area contributed by atoms with Gasteiger partial charge in [-0.05, 0) is 43.6 Å². The third-order valence-electron chi connectivity index (χ3n) is 6.06. The lowest BCUT2D eigenvalue weighted by molar-refractivity contribution is -0.140. The Morgan fingerprint density at radius 3 is 2.48 bits per heavy atom. The van der Waals surface area contributed by atoms with Gasteiger partial charge in [0.05, 0.1) is 23.6 Å². The van der Waals surface area contributed by atoms with Gasteiger partial charge in [-0.25, -0.2) is 4.79 Å². The summed E-state index contributed by atoms with van der Waals surface area (Å²) in [6.45, 7) is 3.36. The molecule has 3 saturated heterocycles. The molecule has 3 amide bonds. The number of nitrogens with zero attached hydrogens (tertiary/aromatic N) is 3. The van der Waals surface area contributed by atoms with Gasteiger partial charge in [0.2, 0.25) is 5.91 Å². The zero-order valence-corrected chi connectivity index (χ0v) is 18.4. The van der Waals surface area contributed by atoms with Crippen LogP contribution in [0, 0.1) is 5.92 Å². The maximum absolute atomic E-state index is 13.0. The van der Waals surface area contributed by atoms with E-state index in [-0.39, 0.29) is 35.6 Å². The summed E-state index contributed by atoms with van der Waals surface area (Å²) in [5.74, 6) is 0.476. The van der Waals surface area contributed by atoms with Crippen LogP contribution in [0.5, 0.6) is 0 Å². The van der Waals surface area contributed by atoms with E-state index in [2.05, 4.69) is 15.5 Å². The molecule has 1 aromatic carbocycles. The van der Waals surface area contributed by atoms with E-state index in [0.29, 0.717) is 5.02 Å². The number of amides is 3. The first-order chi connectivity index (χ1) is 14.0. The Hall–Kier alpha value is -1.32. The van der Waals surface area contributed by atoms with Gasteiger partial charge in [-0.2, -0.15) is 0 Å². The first-order valence-electron chi connectivity index (χ1n) is 10.1. The van der Waals surface area contributed by atoms with Crippen LogP contribution < -0.4 is 10.6 Å². The Morgan fingerprint density at radius 2 is 1.79 bits per heavy atom. The van der Waals surface area contributed by atoms with Crippen LogP contribution in [-0.2, 0) is 4.79 Å². The molecule has 3 heterocycles. The summed E-state index contributed by atoms with van der Waals surface area (Å²) in [7, 11) is 3.32. The second-order valence-corrected chi connectivity index (χ2v) is 9.61. The van der Waals surface area contributed by atoms with Crippen LogP contribution in [-0.4, -0.2) is 77.7 Å². The number of carbonyl (C=O) groups is 2. The van der Waals surface area contributed by atoms with Gasteiger partial charge >= 0.3 is 6.03 Å². The van der Waals surface area contributed by atoms with Crippen molar-refractivity contribution in [2.24, 2.45) is 5.92 Å². The van der Waals surface area contributed by atoms with Gasteiger partial charge in [-0.1, -0.05) is 23.7 Å². The molecule has 9 heteroatoms. The molecule has 0 radical (unpaired) electrons. The molecule has 29 heavy (non-hydrogen) atoms. The molecule has 7 nitrogen and oxygen atoms in total. The Morgan fingerprint density at radius 1 is 1.10 bits per heavy atom. The summed E-state index contributed by atoms with van der Waals surface area (Å²) in [5.41, 5.74) is 1.03. The number of hydrogen-bond acceptors (Lipinski definition) is 6. The van der Waals surface area contributed by atoms with Crippen molar-refractivity contribution >= 4 is 35.3 Å². The topological polar surface area (TPSA) is 67.9 Å². The number of halogens is 1. The minimum atomic E-state index is -0.350. The van der Waals surface area contributed by atoms with Crippen molar-refractivity contribution in [3.63, 3.8) is 0 Å². The number of hydrogen-bond donors (Lipinski definition) is 2. The summed E-state index contributed by atoms with van der Waals surface area (Å²) in [5, 5.41) is 7.66. The molecule has 4 atom stereocenters. The Kier molecular flexibility index (Phi) is 6.36. The standard InChI is InChI=1S/C20H28ClN5O2S/c1-24-17-15(19(27)25(2)20(24)28)18(29-12-11-26-9-3-4-10-26)23-16(22-17)13-5-7-14(21)8-6-13/h5-8,15-18,22-23H,3-4,9-12H2,1-2H3. The molecule has 4 rings (SSSR count). The normalized spacial score (nSPS) is 30.7. The summed E-state index contributed by atoms with van der Waals surface area (Å²) < 4.78 is 0. The van der Waals surface area contributed by atoms with Crippen LogP contribution >= 0.6 is 23.4 Å². The summed E-state index contributed by atoms with van der Waals surface area (Å²) in [6.07, 6.45) is 2.03. The largest absolute Gasteiger partial charge is 0.327 e. The predicted octanol–water partition coefficient (Wildman–Crippen LogP) is 2.15. The van der Waals surface area contributed by atoms with E-state index >= 15 is 0 Å². The molecule has 3 aliphatic heterocycles. The van der Waals surface area contributed by atoms with Gasteiger partial charge in [-0.15, -0.1) is 11.8 Å². The molecule has 4 unspecified atom stereocenters. The van der Waals surface area contributed by atoms with E-state index in [9.17, 15) is 9.59 Å². The maximum Gasteiger partial charge on any atom is 0.327 e. The van der Waals surface area contributed by atoms with E-state index in [4.69, 9.17) is 11.6 Å². The molecular formula is C20H28ClN5O2S. The average Bonchev–Trinajstić information content (AvgIpc) is 3.24. The highest BCUT2D eigenvalue weighted by atomic mass is 35.5. The summed E-state index contributed by atoms with van der Waals surface area (Å²) in [4.78, 5) is 30.9. The molecule has 3 aliphatic rings. The molecular weight excluding hydrogens is 410 g/mol. The van der Waals surface area contributed by atoms with E-state index < -0.39 is 0 Å². The molecule has 2 N–H and O–H groups in total. The predicted molar refractivity (Wildman–Crippen MR) is 116 cm³/mol. The number of urea groups is 1. The van der Waals surface area contributed by atoms with E-state index in [0.717, 1.165) is 17.9 Å². The second-order valence-electron chi connectivity index (χ2n) is 7.92. The highest BCUT2D eigenvalue weighted by Gasteiger charge is 2.50. The number of imide groups is 1. The van der Waals surface area contributed by atoms with Gasteiger partial charge in [0, 0.05) is 31.4 Å². The fourth-order valence-corrected chi connectivity index (χ4v) is 5.81. The van der Waals surface area contributed by atoms with Gasteiger partial charge < -0.3 is 9.80 Å². The number of likely N-dealkylation sites (tertiary alicyclic amines) is 1. The lowest BCUT2D eigenvalue weighted by Gasteiger charge is -2.50. The van der Waals surface area contributed by atoms with E-state index in [1.165, 1.54) is 30.8 Å². The molecule has 0 bridgehead atoms. The van der Waals surface area contributed by atoms with Crippen LogP contribution in [0.3, 0.4) is 0 Å². The van der Waals surface area contributed by atoms with Crippen LogP contribution in [0.15, 0.2) is 24.3 Å². The third-order valence-corrected chi connectivity index (χ3v) is 7.52. The van der Waals surface area contributed by atoms with Crippen molar-refractivity contribution in [2.45, 2.75) is 30.5 Å². The number of benzene rings is 1. The fraction of sp³-hybridized carbons (Fsp3) is 0.600. The van der Waals surface area contributed by atoms with Crippen LogP contribution in [0.2, 0.25) is 5.02 Å². The van der Waals surface area contributed by atoms with E-state index in [1.54, 1.807) is 30.8 Å². The smallest absolute Gasteiger partial charge is 0.311 e. The number of fused-ring (bicyclic) bond motifs is 1. The van der Waals surface area contributed by atoms with Gasteiger partial charge in [-0.3, -0.25) is 20.3 Å². The van der Waals surface area contributed by atoms with Crippen molar-refractivity contribution in [3.8, 4) is 0 Å². The van der Waals surface area contributed by atoms with Gasteiger partial charge in [0.15, 0.2) is 0 Å². The Bertz CT molecular complexity index is 758. The molecule has 3 fully saturated rings. The summed E-state index contributed by atoms with van der Waals surface area (Å²) in [6, 6.07) is 7.38. The quantitative estimate of drug-likeness (QED) is 0.735. The van der Waals surface area contributed by atoms with Gasteiger partial charge in [0.1, 0.15) is 0 Å². The first kappa shape index (κ1) is 20.9. The Balaban J connectivity index is 1.53. The van der Waals surface area contributed by atoms with Crippen molar-refractivity contribution in [1.29, 1.82) is 0 Å². The molecule has 1 aromatic rings. The minimum absolute atomic E-state index is 0.0879. The number of nitrogens with one attached hydrogen (secondary N) is 2. The number of thioether (sulfide) groups is 1. The highest BCUT2D eigenvalue weighted by molar-refractivity contribution is 7.99.